The van der Waals surface area contributed by atoms with Crippen LogP contribution in [0.25, 0.3) is 11.0 Å². The Bertz CT molecular complexity index is 1190. The number of hydrogen-bond acceptors (Lipinski definition) is 7. The third kappa shape index (κ3) is 4.44. The molecule has 0 radical (unpaired) electrons. The van der Waals surface area contributed by atoms with Crippen molar-refractivity contribution in [1.82, 2.24) is 10.2 Å². The van der Waals surface area contributed by atoms with Crippen LogP contribution in [0.15, 0.2) is 33.5 Å². The zero-order valence-corrected chi connectivity index (χ0v) is 19.2. The summed E-state index contributed by atoms with van der Waals surface area (Å²) in [6, 6.07) is 5.64. The van der Waals surface area contributed by atoms with Crippen molar-refractivity contribution in [1.29, 1.82) is 0 Å². The number of ether oxygens (including phenoxy) is 2. The molecule has 1 aromatic carbocycles. The van der Waals surface area contributed by atoms with Crippen molar-refractivity contribution in [3.8, 4) is 5.75 Å². The lowest BCUT2D eigenvalue weighted by atomic mass is 9.64. The molecule has 1 aromatic heterocycles. The molecule has 2 aliphatic rings. The van der Waals surface area contributed by atoms with Crippen LogP contribution in [0.5, 0.6) is 5.75 Å². The Balaban J connectivity index is 1.46. The van der Waals surface area contributed by atoms with Gasteiger partial charge in [-0.25, -0.2) is 9.59 Å². The molecule has 2 atom stereocenters. The lowest BCUT2D eigenvalue weighted by molar-refractivity contribution is -0.149. The second-order valence-corrected chi connectivity index (χ2v) is 9.87. The molecule has 33 heavy (non-hydrogen) atoms. The maximum absolute atomic E-state index is 13.2. The van der Waals surface area contributed by atoms with E-state index in [0.717, 1.165) is 11.3 Å². The number of hydrogen-bond donors (Lipinski definition) is 1. The molecule has 2 fully saturated rings. The minimum atomic E-state index is -0.980. The smallest absolute Gasteiger partial charge is 0.336 e. The molecule has 1 spiro atoms. The average Bonchev–Trinajstić information content (AvgIpc) is 2.92. The van der Waals surface area contributed by atoms with Gasteiger partial charge in [-0.15, -0.1) is 0 Å². The number of esters is 1. The highest BCUT2D eigenvalue weighted by Crippen LogP contribution is 2.46. The van der Waals surface area contributed by atoms with Crippen LogP contribution in [0, 0.1) is 11.3 Å². The van der Waals surface area contributed by atoms with E-state index in [1.165, 1.54) is 13.2 Å². The van der Waals surface area contributed by atoms with Gasteiger partial charge in [-0.1, -0.05) is 20.8 Å². The van der Waals surface area contributed by atoms with Gasteiger partial charge in [-0.3, -0.25) is 14.5 Å². The predicted molar refractivity (Wildman–Crippen MR) is 119 cm³/mol. The molecule has 1 saturated heterocycles. The van der Waals surface area contributed by atoms with E-state index in [1.807, 2.05) is 0 Å². The van der Waals surface area contributed by atoms with Gasteiger partial charge in [0.25, 0.3) is 5.91 Å². The Hall–Kier alpha value is -3.36. The number of urea groups is 1. The van der Waals surface area contributed by atoms with Crippen LogP contribution in [0.3, 0.4) is 0 Å². The van der Waals surface area contributed by atoms with E-state index in [0.29, 0.717) is 35.1 Å². The summed E-state index contributed by atoms with van der Waals surface area (Å²) in [4.78, 5) is 51.1. The van der Waals surface area contributed by atoms with Crippen LogP contribution in [0.2, 0.25) is 0 Å². The van der Waals surface area contributed by atoms with E-state index in [-0.39, 0.29) is 23.8 Å². The van der Waals surface area contributed by atoms with Crippen LogP contribution in [-0.4, -0.2) is 42.0 Å². The van der Waals surface area contributed by atoms with Crippen molar-refractivity contribution in [2.75, 3.05) is 13.7 Å². The highest BCUT2D eigenvalue weighted by Gasteiger charge is 2.56. The molecule has 9 nitrogen and oxygen atoms in total. The Morgan fingerprint density at radius 3 is 2.67 bits per heavy atom. The van der Waals surface area contributed by atoms with Crippen molar-refractivity contribution < 1.29 is 28.3 Å². The van der Waals surface area contributed by atoms with Gasteiger partial charge < -0.3 is 19.2 Å². The standard InChI is InChI=1S/C24H28N2O7/c1-14-9-23(2,3)13-24(10-14)21(29)26(22(30)25-24)11-20(28)32-12-15-7-19(27)33-18-8-16(31-4)5-6-17(15)18/h5-8,14H,9-13H2,1-4H3,(H,25,30)/t14-,24+/m0/s1. The van der Waals surface area contributed by atoms with Crippen LogP contribution >= 0.6 is 0 Å². The van der Waals surface area contributed by atoms with Crippen molar-refractivity contribution >= 4 is 28.9 Å². The van der Waals surface area contributed by atoms with Gasteiger partial charge in [0, 0.05) is 23.1 Å². The first-order valence-corrected chi connectivity index (χ1v) is 10.9. The number of benzene rings is 1. The van der Waals surface area contributed by atoms with Crippen LogP contribution in [-0.2, 0) is 20.9 Å². The summed E-state index contributed by atoms with van der Waals surface area (Å²) in [6.07, 6.45) is 2.03. The molecule has 176 valence electrons. The molecule has 1 aliphatic carbocycles. The molecular formula is C24H28N2O7. The van der Waals surface area contributed by atoms with Gasteiger partial charge in [0.2, 0.25) is 0 Å². The Morgan fingerprint density at radius 2 is 1.97 bits per heavy atom. The molecule has 4 rings (SSSR count). The van der Waals surface area contributed by atoms with Crippen molar-refractivity contribution in [2.45, 2.75) is 52.2 Å². The summed E-state index contributed by atoms with van der Waals surface area (Å²) >= 11 is 0. The fraction of sp³-hybridized carbons (Fsp3) is 0.500. The number of amides is 3. The Morgan fingerprint density at radius 1 is 1.21 bits per heavy atom. The molecule has 1 N–H and O–H groups in total. The maximum atomic E-state index is 13.2. The molecule has 2 aromatic rings. The fourth-order valence-electron chi connectivity index (χ4n) is 5.44. The largest absolute Gasteiger partial charge is 0.497 e. The average molecular weight is 456 g/mol. The predicted octanol–water partition coefficient (Wildman–Crippen LogP) is 2.98. The molecule has 2 heterocycles. The summed E-state index contributed by atoms with van der Waals surface area (Å²) in [5, 5.41) is 3.43. The maximum Gasteiger partial charge on any atom is 0.336 e. The van der Waals surface area contributed by atoms with E-state index in [9.17, 15) is 19.2 Å². The minimum Gasteiger partial charge on any atom is -0.497 e. The SMILES string of the molecule is COc1ccc2c(COC(=O)CN3C(=O)N[C@@]4(C[C@@H](C)CC(C)(C)C4)C3=O)cc(=O)oc2c1. The van der Waals surface area contributed by atoms with Gasteiger partial charge in [-0.05, 0) is 42.7 Å². The second-order valence-electron chi connectivity index (χ2n) is 9.87. The van der Waals surface area contributed by atoms with Crippen molar-refractivity contribution in [3.05, 3.63) is 40.2 Å². The molecule has 0 unspecified atom stereocenters. The second kappa shape index (κ2) is 8.20. The van der Waals surface area contributed by atoms with Crippen LogP contribution in [0.4, 0.5) is 4.79 Å². The van der Waals surface area contributed by atoms with E-state index in [2.05, 4.69) is 26.1 Å². The molecule has 1 saturated carbocycles. The number of nitrogens with zero attached hydrogens (tertiary/aromatic N) is 1. The van der Waals surface area contributed by atoms with Gasteiger partial charge in [0.15, 0.2) is 0 Å². The number of carbonyl (C=O) groups is 3. The number of nitrogens with one attached hydrogen (secondary N) is 1. The molecule has 0 bridgehead atoms. The highest BCUT2D eigenvalue weighted by atomic mass is 16.5. The fourth-order valence-corrected chi connectivity index (χ4v) is 5.44. The first kappa shape index (κ1) is 22.8. The van der Waals surface area contributed by atoms with E-state index in [4.69, 9.17) is 13.9 Å². The van der Waals surface area contributed by atoms with Gasteiger partial charge in [0.05, 0.1) is 7.11 Å². The topological polar surface area (TPSA) is 115 Å². The number of methoxy groups -OCH3 is 1. The lowest BCUT2D eigenvalue weighted by Gasteiger charge is -2.43. The van der Waals surface area contributed by atoms with Gasteiger partial charge >= 0.3 is 17.6 Å². The van der Waals surface area contributed by atoms with Gasteiger partial charge in [0.1, 0.15) is 30.0 Å². The molecular weight excluding hydrogens is 428 g/mol. The first-order valence-electron chi connectivity index (χ1n) is 10.9. The van der Waals surface area contributed by atoms with Crippen LogP contribution < -0.4 is 15.7 Å². The first-order chi connectivity index (χ1) is 15.5. The zero-order valence-electron chi connectivity index (χ0n) is 19.2. The van der Waals surface area contributed by atoms with E-state index in [1.54, 1.807) is 18.2 Å². The lowest BCUT2D eigenvalue weighted by Crippen LogP contribution is -2.54. The number of imide groups is 1. The summed E-state index contributed by atoms with van der Waals surface area (Å²) in [6.45, 7) is 5.53. The van der Waals surface area contributed by atoms with Gasteiger partial charge in [-0.2, -0.15) is 0 Å². The summed E-state index contributed by atoms with van der Waals surface area (Å²) in [5.41, 5.74) is -0.917. The minimum absolute atomic E-state index is 0.102. The summed E-state index contributed by atoms with van der Waals surface area (Å²) in [7, 11) is 1.50. The monoisotopic (exact) mass is 456 g/mol. The number of rotatable bonds is 5. The number of fused-ring (bicyclic) bond motifs is 1. The Labute approximate surface area is 191 Å². The van der Waals surface area contributed by atoms with E-state index >= 15 is 0 Å². The third-order valence-corrected chi connectivity index (χ3v) is 6.34. The Kier molecular flexibility index (Phi) is 5.67. The molecule has 9 heteroatoms. The highest BCUT2D eigenvalue weighted by molar-refractivity contribution is 6.08. The van der Waals surface area contributed by atoms with Crippen LogP contribution in [0.1, 0.15) is 45.6 Å². The molecule has 1 aliphatic heterocycles. The zero-order chi connectivity index (χ0) is 24.0. The third-order valence-electron chi connectivity index (χ3n) is 6.34. The quantitative estimate of drug-likeness (QED) is 0.418. The number of carbonyl (C=O) groups excluding carboxylic acids is 3. The summed E-state index contributed by atoms with van der Waals surface area (Å²) < 4.78 is 15.7. The molecule has 3 amide bonds. The van der Waals surface area contributed by atoms with Crippen molar-refractivity contribution in [2.24, 2.45) is 11.3 Å². The van der Waals surface area contributed by atoms with Crippen molar-refractivity contribution in [3.63, 3.8) is 0 Å². The summed E-state index contributed by atoms with van der Waals surface area (Å²) in [5.74, 6) is -0.343. The normalized spacial score (nSPS) is 24.2. The van der Waals surface area contributed by atoms with E-state index < -0.39 is 29.7 Å².